The van der Waals surface area contributed by atoms with E-state index in [4.69, 9.17) is 16.0 Å². The van der Waals surface area contributed by atoms with Crippen LogP contribution in [-0.4, -0.2) is 9.78 Å². The van der Waals surface area contributed by atoms with Gasteiger partial charge in [0, 0.05) is 30.7 Å². The zero-order valence-electron chi connectivity index (χ0n) is 16.6. The zero-order chi connectivity index (χ0) is 20.0. The summed E-state index contributed by atoms with van der Waals surface area (Å²) in [5, 5.41) is 16.4. The number of halogens is 1. The number of anilines is 1. The van der Waals surface area contributed by atoms with Crippen LogP contribution in [0.3, 0.4) is 0 Å². The Morgan fingerprint density at radius 3 is 2.86 bits per heavy atom. The molecular formula is C22H26ClN5O. The maximum Gasteiger partial charge on any atom is 0.142 e. The normalized spacial score (nSPS) is 17.9. The maximum atomic E-state index is 6.69. The average molecular weight is 412 g/mol. The van der Waals surface area contributed by atoms with E-state index in [1.807, 2.05) is 30.1 Å². The van der Waals surface area contributed by atoms with Crippen LogP contribution in [0.2, 0.25) is 5.02 Å². The molecule has 0 atom stereocenters. The van der Waals surface area contributed by atoms with E-state index in [1.165, 1.54) is 19.3 Å². The number of rotatable bonds is 4. The third kappa shape index (κ3) is 3.20. The predicted molar refractivity (Wildman–Crippen MR) is 116 cm³/mol. The van der Waals surface area contributed by atoms with Crippen LogP contribution in [0.5, 0.6) is 0 Å². The van der Waals surface area contributed by atoms with Crippen molar-refractivity contribution < 1.29 is 4.42 Å². The van der Waals surface area contributed by atoms with E-state index in [1.54, 1.807) is 0 Å². The molecular weight excluding hydrogens is 386 g/mol. The van der Waals surface area contributed by atoms with E-state index in [0.717, 1.165) is 63.9 Å². The molecule has 0 unspecified atom stereocenters. The van der Waals surface area contributed by atoms with E-state index < -0.39 is 0 Å². The lowest BCUT2D eigenvalue weighted by Gasteiger charge is -2.44. The van der Waals surface area contributed by atoms with Crippen molar-refractivity contribution in [2.24, 2.45) is 7.05 Å². The smallest absolute Gasteiger partial charge is 0.142 e. The Bertz CT molecular complexity index is 1080. The third-order valence-electron chi connectivity index (χ3n) is 6.19. The SMILES string of the molecule is C=C1Nc2c(Cl)cc3cc(CNCc4ccnn4C)oc3c2C2(CCCCC2)N1. The lowest BCUT2D eigenvalue weighted by Crippen LogP contribution is -2.48. The zero-order valence-corrected chi connectivity index (χ0v) is 17.4. The molecule has 1 aromatic carbocycles. The summed E-state index contributed by atoms with van der Waals surface area (Å²) in [5.41, 5.74) is 4.00. The second kappa shape index (κ2) is 7.11. The molecule has 0 amide bonds. The van der Waals surface area contributed by atoms with Gasteiger partial charge < -0.3 is 20.4 Å². The van der Waals surface area contributed by atoms with E-state index in [2.05, 4.69) is 33.7 Å². The monoisotopic (exact) mass is 411 g/mol. The van der Waals surface area contributed by atoms with Crippen molar-refractivity contribution in [2.75, 3.05) is 5.32 Å². The van der Waals surface area contributed by atoms with Crippen molar-refractivity contribution in [3.05, 3.63) is 58.8 Å². The summed E-state index contributed by atoms with van der Waals surface area (Å²) in [4.78, 5) is 0. The largest absolute Gasteiger partial charge is 0.459 e. The molecule has 7 heteroatoms. The van der Waals surface area contributed by atoms with Crippen molar-refractivity contribution in [3.63, 3.8) is 0 Å². The molecule has 5 rings (SSSR count). The van der Waals surface area contributed by atoms with Gasteiger partial charge in [-0.05, 0) is 31.0 Å². The minimum absolute atomic E-state index is 0.156. The fourth-order valence-corrected chi connectivity index (χ4v) is 5.08. The molecule has 3 aromatic rings. The van der Waals surface area contributed by atoms with Gasteiger partial charge in [-0.15, -0.1) is 0 Å². The summed E-state index contributed by atoms with van der Waals surface area (Å²) in [6.45, 7) is 5.51. The summed E-state index contributed by atoms with van der Waals surface area (Å²) in [6.07, 6.45) is 7.57. The molecule has 1 saturated carbocycles. The molecule has 1 aliphatic heterocycles. The summed E-state index contributed by atoms with van der Waals surface area (Å²) < 4.78 is 8.25. The van der Waals surface area contributed by atoms with Crippen molar-refractivity contribution in [1.82, 2.24) is 20.4 Å². The van der Waals surface area contributed by atoms with Gasteiger partial charge in [-0.2, -0.15) is 5.10 Å². The van der Waals surface area contributed by atoms with Gasteiger partial charge in [0.05, 0.1) is 34.3 Å². The molecule has 1 fully saturated rings. The van der Waals surface area contributed by atoms with Gasteiger partial charge in [-0.1, -0.05) is 37.4 Å². The van der Waals surface area contributed by atoms with Gasteiger partial charge in [-0.25, -0.2) is 0 Å². The van der Waals surface area contributed by atoms with E-state index in [-0.39, 0.29) is 5.54 Å². The Morgan fingerprint density at radius 1 is 1.28 bits per heavy atom. The second-order valence-electron chi connectivity index (χ2n) is 8.16. The first-order chi connectivity index (χ1) is 14.1. The highest BCUT2D eigenvalue weighted by Crippen LogP contribution is 2.49. The molecule has 1 spiro atoms. The van der Waals surface area contributed by atoms with Gasteiger partial charge >= 0.3 is 0 Å². The second-order valence-corrected chi connectivity index (χ2v) is 8.57. The minimum Gasteiger partial charge on any atom is -0.459 e. The number of fused-ring (bicyclic) bond motifs is 4. The number of nitrogens with zero attached hydrogens (tertiary/aromatic N) is 2. The molecule has 2 aromatic heterocycles. The Balaban J connectivity index is 1.50. The molecule has 3 heterocycles. The summed E-state index contributed by atoms with van der Waals surface area (Å²) >= 11 is 6.69. The summed E-state index contributed by atoms with van der Waals surface area (Å²) in [6, 6.07) is 6.10. The van der Waals surface area contributed by atoms with Gasteiger partial charge in [0.1, 0.15) is 11.3 Å². The van der Waals surface area contributed by atoms with Crippen molar-refractivity contribution >= 4 is 28.3 Å². The van der Waals surface area contributed by atoms with Crippen LogP contribution < -0.4 is 16.0 Å². The van der Waals surface area contributed by atoms with Gasteiger partial charge in [0.25, 0.3) is 0 Å². The standard InChI is InChI=1S/C22H26ClN5O/c1-14-26-20-18(23)11-15-10-17(13-24-12-16-6-9-25-28(16)2)29-21(15)19(20)22(27-14)7-4-3-5-8-22/h6,9-11,24,26-27H,1,3-5,7-8,12-13H2,2H3. The Morgan fingerprint density at radius 2 is 2.10 bits per heavy atom. The van der Waals surface area contributed by atoms with Crippen molar-refractivity contribution in [1.29, 1.82) is 0 Å². The predicted octanol–water partition coefficient (Wildman–Crippen LogP) is 4.76. The average Bonchev–Trinajstić information content (AvgIpc) is 3.28. The Kier molecular flexibility index (Phi) is 4.56. The fourth-order valence-electron chi connectivity index (χ4n) is 4.82. The fraction of sp³-hybridized carbons (Fsp3) is 0.409. The third-order valence-corrected chi connectivity index (χ3v) is 6.49. The minimum atomic E-state index is -0.156. The summed E-state index contributed by atoms with van der Waals surface area (Å²) in [7, 11) is 1.95. The number of nitrogens with one attached hydrogen (secondary N) is 3. The lowest BCUT2D eigenvalue weighted by molar-refractivity contribution is 0.250. The Hall–Kier alpha value is -2.44. The highest BCUT2D eigenvalue weighted by molar-refractivity contribution is 6.34. The molecule has 3 N–H and O–H groups in total. The number of furan rings is 1. The first kappa shape index (κ1) is 18.6. The first-order valence-corrected chi connectivity index (χ1v) is 10.6. The van der Waals surface area contributed by atoms with E-state index in [9.17, 15) is 0 Å². The maximum absolute atomic E-state index is 6.69. The number of hydrogen-bond donors (Lipinski definition) is 3. The van der Waals surface area contributed by atoms with Crippen LogP contribution in [0.1, 0.15) is 49.1 Å². The molecule has 0 bridgehead atoms. The highest BCUT2D eigenvalue weighted by atomic mass is 35.5. The van der Waals surface area contributed by atoms with Crippen molar-refractivity contribution in [3.8, 4) is 0 Å². The van der Waals surface area contributed by atoms with Crippen LogP contribution in [-0.2, 0) is 25.7 Å². The molecule has 152 valence electrons. The van der Waals surface area contributed by atoms with Crippen LogP contribution in [0.4, 0.5) is 5.69 Å². The Labute approximate surface area is 175 Å². The quantitative estimate of drug-likeness (QED) is 0.577. The molecule has 2 aliphatic rings. The topological polar surface area (TPSA) is 67.0 Å². The lowest BCUT2D eigenvalue weighted by atomic mass is 9.74. The van der Waals surface area contributed by atoms with Gasteiger partial charge in [-0.3, -0.25) is 4.68 Å². The molecule has 0 radical (unpaired) electrons. The molecule has 6 nitrogen and oxygen atoms in total. The van der Waals surface area contributed by atoms with Crippen molar-refractivity contribution in [2.45, 2.75) is 50.7 Å². The van der Waals surface area contributed by atoms with E-state index >= 15 is 0 Å². The highest BCUT2D eigenvalue weighted by Gasteiger charge is 2.42. The van der Waals surface area contributed by atoms with Crippen LogP contribution >= 0.6 is 11.6 Å². The molecule has 0 saturated heterocycles. The van der Waals surface area contributed by atoms with Crippen LogP contribution in [0, 0.1) is 0 Å². The summed E-state index contributed by atoms with van der Waals surface area (Å²) in [5.74, 6) is 1.72. The van der Waals surface area contributed by atoms with Crippen LogP contribution in [0.25, 0.3) is 11.0 Å². The van der Waals surface area contributed by atoms with Gasteiger partial charge in [0.2, 0.25) is 0 Å². The number of aryl methyl sites for hydroxylation is 1. The van der Waals surface area contributed by atoms with E-state index in [0.29, 0.717) is 6.54 Å². The molecule has 29 heavy (non-hydrogen) atoms. The first-order valence-electron chi connectivity index (χ1n) is 10.2. The number of hydrogen-bond acceptors (Lipinski definition) is 5. The van der Waals surface area contributed by atoms with Gasteiger partial charge in [0.15, 0.2) is 0 Å². The molecule has 1 aliphatic carbocycles. The van der Waals surface area contributed by atoms with Crippen LogP contribution in [0.15, 0.2) is 41.2 Å². The number of aromatic nitrogens is 2. The number of benzene rings is 1.